The van der Waals surface area contributed by atoms with Crippen molar-refractivity contribution in [1.29, 1.82) is 0 Å². The van der Waals surface area contributed by atoms with Crippen molar-refractivity contribution < 1.29 is 9.47 Å². The zero-order chi connectivity index (χ0) is 10.9. The van der Waals surface area contributed by atoms with Crippen molar-refractivity contribution in [1.82, 2.24) is 0 Å². The quantitative estimate of drug-likeness (QED) is 0.798. The number of nitrogens with two attached hydrogens (primary N) is 1. The maximum Gasteiger partial charge on any atom is 0.207 e. The Hall–Kier alpha value is -0.900. The van der Waals surface area contributed by atoms with Crippen molar-refractivity contribution in [3.63, 3.8) is 0 Å². The highest BCUT2D eigenvalue weighted by atomic mass is 16.7. The van der Waals surface area contributed by atoms with Gasteiger partial charge in [-0.1, -0.05) is 23.8 Å². The Labute approximate surface area is 90.2 Å². The molecule has 0 bridgehead atoms. The van der Waals surface area contributed by atoms with Crippen molar-refractivity contribution in [2.45, 2.75) is 19.6 Å². The van der Waals surface area contributed by atoms with E-state index >= 15 is 0 Å². The monoisotopic (exact) mass is 207 g/mol. The van der Waals surface area contributed by atoms with E-state index in [9.17, 15) is 0 Å². The number of hydrogen-bond acceptors (Lipinski definition) is 3. The average molecular weight is 207 g/mol. The lowest BCUT2D eigenvalue weighted by Crippen LogP contribution is -2.36. The molecule has 1 aliphatic heterocycles. The summed E-state index contributed by atoms with van der Waals surface area (Å²) >= 11 is 0. The molecule has 1 saturated heterocycles. The molecule has 0 atom stereocenters. The largest absolute Gasteiger partial charge is 0.342 e. The second kappa shape index (κ2) is 3.93. The van der Waals surface area contributed by atoms with Crippen LogP contribution in [0.2, 0.25) is 0 Å². The van der Waals surface area contributed by atoms with Crippen molar-refractivity contribution in [3.8, 4) is 0 Å². The third-order valence-corrected chi connectivity index (χ3v) is 2.83. The van der Waals surface area contributed by atoms with Crippen LogP contribution in [0.25, 0.3) is 0 Å². The molecule has 82 valence electrons. The Morgan fingerprint density at radius 1 is 1.27 bits per heavy atom. The molecule has 1 fully saturated rings. The normalized spacial score (nSPS) is 19.4. The summed E-state index contributed by atoms with van der Waals surface area (Å²) in [6, 6.07) is 6.25. The second-order valence-electron chi connectivity index (χ2n) is 3.97. The van der Waals surface area contributed by atoms with E-state index in [2.05, 4.69) is 32.0 Å². The van der Waals surface area contributed by atoms with Crippen LogP contribution in [0.1, 0.15) is 16.7 Å². The predicted molar refractivity (Wildman–Crippen MR) is 58.6 cm³/mol. The van der Waals surface area contributed by atoms with Crippen LogP contribution in [0.4, 0.5) is 0 Å². The molecular weight excluding hydrogens is 190 g/mol. The second-order valence-corrected chi connectivity index (χ2v) is 3.97. The standard InChI is InChI=1S/C12H17NO2/c1-9-3-4-10(2)11(7-9)12(8-13)14-5-6-15-12/h3-4,7H,5-6,8,13H2,1-2H3. The number of hydrogen-bond donors (Lipinski definition) is 1. The Balaban J connectivity index is 2.46. The molecule has 0 aliphatic carbocycles. The highest BCUT2D eigenvalue weighted by molar-refractivity contribution is 5.34. The van der Waals surface area contributed by atoms with E-state index in [1.165, 1.54) is 5.56 Å². The highest BCUT2D eigenvalue weighted by Gasteiger charge is 2.38. The number of benzene rings is 1. The van der Waals surface area contributed by atoms with E-state index in [4.69, 9.17) is 15.2 Å². The SMILES string of the molecule is Cc1ccc(C)c(C2(CN)OCCO2)c1. The molecule has 0 aromatic heterocycles. The first kappa shape index (κ1) is 10.6. The van der Waals surface area contributed by atoms with Crippen LogP contribution in [0, 0.1) is 13.8 Å². The molecule has 1 aromatic rings. The summed E-state index contributed by atoms with van der Waals surface area (Å²) in [5.41, 5.74) is 9.18. The highest BCUT2D eigenvalue weighted by Crippen LogP contribution is 2.32. The summed E-state index contributed by atoms with van der Waals surface area (Å²) in [5.74, 6) is -0.712. The molecule has 1 aromatic carbocycles. The van der Waals surface area contributed by atoms with Crippen LogP contribution in [0.3, 0.4) is 0 Å². The van der Waals surface area contributed by atoms with Gasteiger partial charge in [-0.25, -0.2) is 0 Å². The van der Waals surface area contributed by atoms with Gasteiger partial charge in [0.1, 0.15) is 0 Å². The van der Waals surface area contributed by atoms with E-state index in [-0.39, 0.29) is 0 Å². The molecule has 3 nitrogen and oxygen atoms in total. The minimum Gasteiger partial charge on any atom is -0.342 e. The van der Waals surface area contributed by atoms with Crippen LogP contribution >= 0.6 is 0 Å². The van der Waals surface area contributed by atoms with Gasteiger partial charge in [0, 0.05) is 5.56 Å². The molecule has 1 aliphatic rings. The van der Waals surface area contributed by atoms with E-state index in [0.717, 1.165) is 11.1 Å². The predicted octanol–water partition coefficient (Wildman–Crippen LogP) is 1.46. The van der Waals surface area contributed by atoms with Crippen molar-refractivity contribution >= 4 is 0 Å². The summed E-state index contributed by atoms with van der Waals surface area (Å²) in [7, 11) is 0. The van der Waals surface area contributed by atoms with Gasteiger partial charge < -0.3 is 15.2 Å². The van der Waals surface area contributed by atoms with Gasteiger partial charge in [-0.2, -0.15) is 0 Å². The average Bonchev–Trinajstić information content (AvgIpc) is 2.71. The summed E-state index contributed by atoms with van der Waals surface area (Å²) in [5, 5.41) is 0. The fraction of sp³-hybridized carbons (Fsp3) is 0.500. The van der Waals surface area contributed by atoms with Crippen LogP contribution < -0.4 is 5.73 Å². The summed E-state index contributed by atoms with van der Waals surface area (Å²) in [4.78, 5) is 0. The Morgan fingerprint density at radius 2 is 1.93 bits per heavy atom. The topological polar surface area (TPSA) is 44.5 Å². The molecule has 0 unspecified atom stereocenters. The van der Waals surface area contributed by atoms with Crippen molar-refractivity contribution in [2.75, 3.05) is 19.8 Å². The van der Waals surface area contributed by atoms with Gasteiger partial charge in [-0.3, -0.25) is 0 Å². The van der Waals surface area contributed by atoms with Crippen LogP contribution in [-0.4, -0.2) is 19.8 Å². The Kier molecular flexibility index (Phi) is 2.78. The van der Waals surface area contributed by atoms with Crippen molar-refractivity contribution in [2.24, 2.45) is 5.73 Å². The lowest BCUT2D eigenvalue weighted by molar-refractivity contribution is -0.157. The summed E-state index contributed by atoms with van der Waals surface area (Å²) in [6.07, 6.45) is 0. The molecule has 0 amide bonds. The molecule has 1 heterocycles. The lowest BCUT2D eigenvalue weighted by atomic mass is 9.98. The fourth-order valence-corrected chi connectivity index (χ4v) is 1.98. The third-order valence-electron chi connectivity index (χ3n) is 2.83. The fourth-order valence-electron chi connectivity index (χ4n) is 1.98. The lowest BCUT2D eigenvalue weighted by Gasteiger charge is -2.28. The number of aryl methyl sites for hydroxylation is 2. The van der Waals surface area contributed by atoms with Gasteiger partial charge >= 0.3 is 0 Å². The van der Waals surface area contributed by atoms with Crippen LogP contribution in [-0.2, 0) is 15.3 Å². The van der Waals surface area contributed by atoms with E-state index < -0.39 is 5.79 Å². The molecule has 2 N–H and O–H groups in total. The van der Waals surface area contributed by atoms with E-state index in [1.54, 1.807) is 0 Å². The first-order valence-electron chi connectivity index (χ1n) is 5.24. The summed E-state index contributed by atoms with van der Waals surface area (Å²) < 4.78 is 11.3. The molecule has 3 heteroatoms. The van der Waals surface area contributed by atoms with Gasteiger partial charge in [-0.05, 0) is 19.4 Å². The maximum absolute atomic E-state index is 5.77. The smallest absolute Gasteiger partial charge is 0.207 e. The first-order valence-corrected chi connectivity index (χ1v) is 5.24. The maximum atomic E-state index is 5.77. The van der Waals surface area contributed by atoms with Gasteiger partial charge in [0.25, 0.3) is 0 Å². The van der Waals surface area contributed by atoms with E-state index in [1.807, 2.05) is 0 Å². The van der Waals surface area contributed by atoms with Gasteiger partial charge in [0.05, 0.1) is 19.8 Å². The Morgan fingerprint density at radius 3 is 2.53 bits per heavy atom. The molecule has 0 radical (unpaired) electrons. The van der Waals surface area contributed by atoms with Crippen molar-refractivity contribution in [3.05, 3.63) is 34.9 Å². The van der Waals surface area contributed by atoms with Crippen LogP contribution in [0.5, 0.6) is 0 Å². The molecular formula is C12H17NO2. The zero-order valence-electron chi connectivity index (χ0n) is 9.25. The molecule has 15 heavy (non-hydrogen) atoms. The Bertz CT molecular complexity index is 357. The van der Waals surface area contributed by atoms with Gasteiger partial charge in [-0.15, -0.1) is 0 Å². The third kappa shape index (κ3) is 1.78. The summed E-state index contributed by atoms with van der Waals surface area (Å²) in [6.45, 7) is 5.70. The minimum atomic E-state index is -0.712. The van der Waals surface area contributed by atoms with Gasteiger partial charge in [0.2, 0.25) is 5.79 Å². The molecule has 0 spiro atoms. The molecule has 0 saturated carbocycles. The number of ether oxygens (including phenoxy) is 2. The zero-order valence-corrected chi connectivity index (χ0v) is 9.25. The van der Waals surface area contributed by atoms with Gasteiger partial charge in [0.15, 0.2) is 0 Å². The molecule has 2 rings (SSSR count). The van der Waals surface area contributed by atoms with E-state index in [0.29, 0.717) is 19.8 Å². The minimum absolute atomic E-state index is 0.358. The number of rotatable bonds is 2. The first-order chi connectivity index (χ1) is 7.18. The van der Waals surface area contributed by atoms with Crippen LogP contribution in [0.15, 0.2) is 18.2 Å².